The van der Waals surface area contributed by atoms with Crippen LogP contribution < -0.4 is 10.6 Å². The molecule has 2 rings (SSSR count). The summed E-state index contributed by atoms with van der Waals surface area (Å²) in [5, 5.41) is 8.77. The van der Waals surface area contributed by atoms with Gasteiger partial charge in [0.2, 0.25) is 0 Å². The number of morpholine rings is 1. The second-order valence-electron chi connectivity index (χ2n) is 5.64. The van der Waals surface area contributed by atoms with Gasteiger partial charge in [-0.2, -0.15) is 0 Å². The molecule has 0 aromatic carbocycles. The van der Waals surface area contributed by atoms with Gasteiger partial charge in [-0.05, 0) is 20.3 Å². The van der Waals surface area contributed by atoms with Gasteiger partial charge in [-0.1, -0.05) is 11.8 Å². The van der Waals surface area contributed by atoms with Crippen molar-refractivity contribution in [3.05, 3.63) is 11.6 Å². The van der Waals surface area contributed by atoms with Crippen LogP contribution in [0.25, 0.3) is 0 Å². The second-order valence-corrected chi connectivity index (χ2v) is 7.88. The van der Waals surface area contributed by atoms with Crippen LogP contribution in [-0.4, -0.2) is 73.6 Å². The number of halogens is 1. The molecule has 0 bridgehead atoms. The lowest BCUT2D eigenvalue weighted by Gasteiger charge is -2.31. The van der Waals surface area contributed by atoms with Gasteiger partial charge in [0, 0.05) is 49.6 Å². The first-order valence-electron chi connectivity index (χ1n) is 8.66. The topological polar surface area (TPSA) is 61.8 Å². The van der Waals surface area contributed by atoms with Crippen LogP contribution in [0.4, 0.5) is 0 Å². The van der Waals surface area contributed by atoms with E-state index in [1.54, 1.807) is 11.3 Å². The third-order valence-corrected chi connectivity index (χ3v) is 5.83. The fourth-order valence-electron chi connectivity index (χ4n) is 2.42. The van der Waals surface area contributed by atoms with Crippen molar-refractivity contribution in [1.29, 1.82) is 0 Å². The Bertz CT molecular complexity index is 469. The minimum Gasteiger partial charge on any atom is -0.379 e. The molecule has 0 radical (unpaired) electrons. The standard InChI is InChI=1S/C16H29N5OS2.HI/c1-3-17-15(18-5-4-11-23-16-19-6-12-24-16)20-13-14(2)21-7-9-22-10-8-21;/h6,12,14H,3-5,7-11,13H2,1-2H3,(H2,17,18,20);1H. The van der Waals surface area contributed by atoms with Crippen LogP contribution in [0.3, 0.4) is 0 Å². The van der Waals surface area contributed by atoms with Gasteiger partial charge in [-0.3, -0.25) is 9.89 Å². The molecule has 2 heterocycles. The third-order valence-electron chi connectivity index (χ3n) is 3.78. The van der Waals surface area contributed by atoms with Gasteiger partial charge in [0.25, 0.3) is 0 Å². The summed E-state index contributed by atoms with van der Waals surface area (Å²) in [7, 11) is 0. The summed E-state index contributed by atoms with van der Waals surface area (Å²) in [6.45, 7) is 10.6. The number of guanidine groups is 1. The van der Waals surface area contributed by atoms with E-state index in [1.165, 1.54) is 0 Å². The van der Waals surface area contributed by atoms with Gasteiger partial charge in [0.05, 0.1) is 19.8 Å². The molecule has 1 saturated heterocycles. The molecule has 9 heteroatoms. The summed E-state index contributed by atoms with van der Waals surface area (Å²) < 4.78 is 6.56. The van der Waals surface area contributed by atoms with Gasteiger partial charge >= 0.3 is 0 Å². The molecule has 1 aromatic rings. The van der Waals surface area contributed by atoms with Crippen molar-refractivity contribution in [1.82, 2.24) is 20.5 Å². The average molecular weight is 499 g/mol. The number of ether oxygens (including phenoxy) is 1. The number of hydrogen-bond acceptors (Lipinski definition) is 6. The fraction of sp³-hybridized carbons (Fsp3) is 0.750. The Morgan fingerprint density at radius 3 is 2.92 bits per heavy atom. The van der Waals surface area contributed by atoms with Gasteiger partial charge < -0.3 is 15.4 Å². The third kappa shape index (κ3) is 9.41. The molecular formula is C16H30IN5OS2. The highest BCUT2D eigenvalue weighted by atomic mass is 127. The number of nitrogens with zero attached hydrogens (tertiary/aromatic N) is 3. The van der Waals surface area contributed by atoms with Crippen LogP contribution >= 0.6 is 47.1 Å². The Kier molecular flexibility index (Phi) is 12.9. The van der Waals surface area contributed by atoms with Crippen molar-refractivity contribution in [2.45, 2.75) is 30.6 Å². The Hall–Kier alpha value is -0.100. The number of thiazole rings is 1. The highest BCUT2D eigenvalue weighted by Gasteiger charge is 2.16. The van der Waals surface area contributed by atoms with E-state index in [2.05, 4.69) is 34.4 Å². The monoisotopic (exact) mass is 499 g/mol. The van der Waals surface area contributed by atoms with Crippen molar-refractivity contribution in [2.24, 2.45) is 4.99 Å². The maximum Gasteiger partial charge on any atom is 0.191 e. The van der Waals surface area contributed by atoms with Gasteiger partial charge in [0.1, 0.15) is 4.34 Å². The van der Waals surface area contributed by atoms with Crippen molar-refractivity contribution in [3.8, 4) is 0 Å². The fourth-order valence-corrected chi connectivity index (χ4v) is 4.07. The van der Waals surface area contributed by atoms with E-state index < -0.39 is 0 Å². The number of rotatable bonds is 9. The van der Waals surface area contributed by atoms with Crippen molar-refractivity contribution >= 4 is 53.0 Å². The first-order valence-corrected chi connectivity index (χ1v) is 10.5. The Labute approximate surface area is 176 Å². The van der Waals surface area contributed by atoms with Gasteiger partial charge in [-0.25, -0.2) is 4.98 Å². The molecule has 1 aromatic heterocycles. The Morgan fingerprint density at radius 1 is 1.44 bits per heavy atom. The number of thioether (sulfide) groups is 1. The van der Waals surface area contributed by atoms with Crippen LogP contribution in [0, 0.1) is 0 Å². The van der Waals surface area contributed by atoms with E-state index >= 15 is 0 Å². The average Bonchev–Trinajstić information content (AvgIpc) is 3.13. The molecule has 144 valence electrons. The van der Waals surface area contributed by atoms with Crippen LogP contribution in [0.5, 0.6) is 0 Å². The van der Waals surface area contributed by atoms with Crippen LogP contribution in [0.1, 0.15) is 20.3 Å². The SMILES string of the molecule is CCNC(=NCC(C)N1CCOCC1)NCCCSc1nccs1.I. The molecule has 0 saturated carbocycles. The maximum atomic E-state index is 5.41. The molecule has 2 N–H and O–H groups in total. The zero-order valence-corrected chi connectivity index (χ0v) is 19.0. The molecule has 1 unspecified atom stereocenters. The second kappa shape index (κ2) is 14.0. The number of aromatic nitrogens is 1. The van der Waals surface area contributed by atoms with Crippen molar-refractivity contribution in [3.63, 3.8) is 0 Å². The van der Waals surface area contributed by atoms with Crippen LogP contribution in [-0.2, 0) is 4.74 Å². The van der Waals surface area contributed by atoms with Gasteiger partial charge in [0.15, 0.2) is 5.96 Å². The zero-order valence-electron chi connectivity index (χ0n) is 15.1. The molecule has 6 nitrogen and oxygen atoms in total. The molecular weight excluding hydrogens is 469 g/mol. The number of nitrogens with one attached hydrogen (secondary N) is 2. The lowest BCUT2D eigenvalue weighted by molar-refractivity contribution is 0.0220. The zero-order chi connectivity index (χ0) is 17.0. The molecule has 1 fully saturated rings. The van der Waals surface area contributed by atoms with E-state index in [-0.39, 0.29) is 24.0 Å². The van der Waals surface area contributed by atoms with Crippen LogP contribution in [0.2, 0.25) is 0 Å². The summed E-state index contributed by atoms with van der Waals surface area (Å²) in [6, 6.07) is 0.449. The summed E-state index contributed by atoms with van der Waals surface area (Å²) in [4.78, 5) is 11.5. The summed E-state index contributed by atoms with van der Waals surface area (Å²) in [5.74, 6) is 1.99. The molecule has 0 amide bonds. The Morgan fingerprint density at radius 2 is 2.24 bits per heavy atom. The number of aliphatic imine (C=N–C) groups is 1. The summed E-state index contributed by atoms with van der Waals surface area (Å²) in [6.07, 6.45) is 2.95. The highest BCUT2D eigenvalue weighted by molar-refractivity contribution is 14.0. The first kappa shape index (κ1) is 22.9. The van der Waals surface area contributed by atoms with E-state index in [1.807, 2.05) is 23.3 Å². The molecule has 25 heavy (non-hydrogen) atoms. The normalized spacial score (nSPS) is 17.0. The van der Waals surface area contributed by atoms with E-state index in [0.717, 1.165) is 68.4 Å². The van der Waals surface area contributed by atoms with Crippen molar-refractivity contribution < 1.29 is 4.74 Å². The van der Waals surface area contributed by atoms with E-state index in [9.17, 15) is 0 Å². The van der Waals surface area contributed by atoms with Gasteiger partial charge in [-0.15, -0.1) is 35.3 Å². The molecule has 0 spiro atoms. The van der Waals surface area contributed by atoms with Crippen LogP contribution in [0.15, 0.2) is 20.9 Å². The van der Waals surface area contributed by atoms with E-state index in [4.69, 9.17) is 9.73 Å². The Balaban J connectivity index is 0.00000312. The lowest BCUT2D eigenvalue weighted by Crippen LogP contribution is -2.44. The molecule has 1 aliphatic rings. The quantitative estimate of drug-likeness (QED) is 0.179. The van der Waals surface area contributed by atoms with Crippen molar-refractivity contribution in [2.75, 3.05) is 51.7 Å². The predicted molar refractivity (Wildman–Crippen MR) is 119 cm³/mol. The molecule has 1 atom stereocenters. The predicted octanol–water partition coefficient (Wildman–Crippen LogP) is 2.52. The smallest absolute Gasteiger partial charge is 0.191 e. The number of hydrogen-bond donors (Lipinski definition) is 2. The van der Waals surface area contributed by atoms with E-state index in [0.29, 0.717) is 6.04 Å². The minimum atomic E-state index is 0. The lowest BCUT2D eigenvalue weighted by atomic mass is 10.2. The largest absolute Gasteiger partial charge is 0.379 e. The highest BCUT2D eigenvalue weighted by Crippen LogP contribution is 2.20. The molecule has 1 aliphatic heterocycles. The minimum absolute atomic E-state index is 0. The summed E-state index contributed by atoms with van der Waals surface area (Å²) in [5.41, 5.74) is 0. The maximum absolute atomic E-state index is 5.41. The molecule has 0 aliphatic carbocycles. The first-order chi connectivity index (χ1) is 11.8. The summed E-state index contributed by atoms with van der Waals surface area (Å²) >= 11 is 3.52.